The molecule has 0 N–H and O–H groups in total. The molecule has 3 aromatic heterocycles. The molecule has 38 heavy (non-hydrogen) atoms. The van der Waals surface area contributed by atoms with E-state index in [4.69, 9.17) is 19.2 Å². The SMILES string of the molecule is COc1cc(OC)cc(N(CC#Cc2nccnc2OC)c2ccc3ncc(-c4cnn(C)c4)nc3c2)c1. The minimum Gasteiger partial charge on any atom is -0.497 e. The Morgan fingerprint density at radius 3 is 2.34 bits per heavy atom. The van der Waals surface area contributed by atoms with E-state index in [9.17, 15) is 0 Å². The predicted octanol–water partition coefficient (Wildman–Crippen LogP) is 4.04. The quantitative estimate of drug-likeness (QED) is 0.302. The molecule has 0 bridgehead atoms. The zero-order valence-corrected chi connectivity index (χ0v) is 21.4. The third kappa shape index (κ3) is 5.17. The fourth-order valence-electron chi connectivity index (χ4n) is 3.90. The molecule has 2 aromatic carbocycles. The van der Waals surface area contributed by atoms with E-state index in [0.717, 1.165) is 33.7 Å². The molecule has 0 atom stereocenters. The lowest BCUT2D eigenvalue weighted by Crippen LogP contribution is -2.17. The molecule has 10 nitrogen and oxygen atoms in total. The van der Waals surface area contributed by atoms with E-state index in [1.807, 2.05) is 54.5 Å². The smallest absolute Gasteiger partial charge is 0.248 e. The maximum atomic E-state index is 5.52. The van der Waals surface area contributed by atoms with Crippen LogP contribution in [0, 0.1) is 11.8 Å². The zero-order valence-electron chi connectivity index (χ0n) is 21.4. The molecule has 3 heterocycles. The number of hydrogen-bond donors (Lipinski definition) is 0. The molecule has 0 saturated heterocycles. The number of aryl methyl sites for hydroxylation is 1. The maximum absolute atomic E-state index is 5.52. The summed E-state index contributed by atoms with van der Waals surface area (Å²) in [4.78, 5) is 19.9. The van der Waals surface area contributed by atoms with Crippen molar-refractivity contribution in [2.75, 3.05) is 32.8 Å². The summed E-state index contributed by atoms with van der Waals surface area (Å²) >= 11 is 0. The van der Waals surface area contributed by atoms with Gasteiger partial charge in [-0.15, -0.1) is 0 Å². The normalized spacial score (nSPS) is 10.5. The molecular weight excluding hydrogens is 482 g/mol. The Kier molecular flexibility index (Phi) is 6.99. The van der Waals surface area contributed by atoms with Gasteiger partial charge in [0.05, 0.1) is 57.0 Å². The van der Waals surface area contributed by atoms with Gasteiger partial charge in [0.15, 0.2) is 5.69 Å². The van der Waals surface area contributed by atoms with Crippen LogP contribution in [0.3, 0.4) is 0 Å². The van der Waals surface area contributed by atoms with Crippen molar-refractivity contribution in [3.8, 4) is 40.5 Å². The number of rotatable bonds is 7. The van der Waals surface area contributed by atoms with E-state index in [-0.39, 0.29) is 0 Å². The molecule has 0 spiro atoms. The van der Waals surface area contributed by atoms with Crippen molar-refractivity contribution >= 4 is 22.4 Å². The highest BCUT2D eigenvalue weighted by molar-refractivity contribution is 5.83. The van der Waals surface area contributed by atoms with Crippen molar-refractivity contribution in [1.29, 1.82) is 0 Å². The number of aromatic nitrogens is 6. The predicted molar refractivity (Wildman–Crippen MR) is 144 cm³/mol. The summed E-state index contributed by atoms with van der Waals surface area (Å²) in [6.45, 7) is 0.331. The lowest BCUT2D eigenvalue weighted by molar-refractivity contribution is 0.394. The summed E-state index contributed by atoms with van der Waals surface area (Å²) in [5, 5.41) is 4.25. The Labute approximate surface area is 219 Å². The minimum absolute atomic E-state index is 0.331. The van der Waals surface area contributed by atoms with Crippen molar-refractivity contribution in [3.05, 3.63) is 73.1 Å². The molecule has 5 aromatic rings. The van der Waals surface area contributed by atoms with Crippen LogP contribution in [0.5, 0.6) is 17.4 Å². The van der Waals surface area contributed by atoms with Crippen LogP contribution < -0.4 is 19.1 Å². The van der Waals surface area contributed by atoms with E-state index in [1.165, 1.54) is 0 Å². The number of ether oxygens (including phenoxy) is 3. The highest BCUT2D eigenvalue weighted by Gasteiger charge is 2.14. The number of hydrogen-bond acceptors (Lipinski definition) is 9. The molecule has 0 unspecified atom stereocenters. The zero-order chi connectivity index (χ0) is 26.5. The van der Waals surface area contributed by atoms with Gasteiger partial charge in [0.25, 0.3) is 0 Å². The molecule has 0 fully saturated rings. The van der Waals surface area contributed by atoms with Gasteiger partial charge in [-0.05, 0) is 24.1 Å². The first-order valence-electron chi connectivity index (χ1n) is 11.7. The summed E-state index contributed by atoms with van der Waals surface area (Å²) in [7, 11) is 6.65. The fraction of sp³-hybridized carbons (Fsp3) is 0.179. The second kappa shape index (κ2) is 10.8. The summed E-state index contributed by atoms with van der Waals surface area (Å²) in [6, 6.07) is 11.6. The Morgan fingerprint density at radius 1 is 0.842 bits per heavy atom. The van der Waals surface area contributed by atoms with Gasteiger partial charge < -0.3 is 19.1 Å². The highest BCUT2D eigenvalue weighted by atomic mass is 16.5. The number of anilines is 2. The number of nitrogens with zero attached hydrogens (tertiary/aromatic N) is 7. The first-order chi connectivity index (χ1) is 18.6. The van der Waals surface area contributed by atoms with Crippen LogP contribution in [0.4, 0.5) is 11.4 Å². The van der Waals surface area contributed by atoms with Crippen LogP contribution in [-0.4, -0.2) is 57.6 Å². The maximum Gasteiger partial charge on any atom is 0.248 e. The average Bonchev–Trinajstić information content (AvgIpc) is 3.40. The monoisotopic (exact) mass is 507 g/mol. The van der Waals surface area contributed by atoms with E-state index in [0.29, 0.717) is 29.6 Å². The van der Waals surface area contributed by atoms with Crippen LogP contribution in [0.2, 0.25) is 0 Å². The van der Waals surface area contributed by atoms with Gasteiger partial charge in [0, 0.05) is 60.8 Å². The van der Waals surface area contributed by atoms with Gasteiger partial charge in [-0.3, -0.25) is 9.67 Å². The Morgan fingerprint density at radius 2 is 1.63 bits per heavy atom. The largest absolute Gasteiger partial charge is 0.497 e. The number of benzene rings is 2. The summed E-state index contributed by atoms with van der Waals surface area (Å²) < 4.78 is 18.1. The lowest BCUT2D eigenvalue weighted by Gasteiger charge is -2.24. The lowest BCUT2D eigenvalue weighted by atomic mass is 10.2. The molecule has 0 aliphatic carbocycles. The molecule has 190 valence electrons. The number of methoxy groups -OCH3 is 3. The summed E-state index contributed by atoms with van der Waals surface area (Å²) in [5.41, 5.74) is 5.32. The van der Waals surface area contributed by atoms with Gasteiger partial charge in [-0.25, -0.2) is 15.0 Å². The molecule has 0 radical (unpaired) electrons. The van der Waals surface area contributed by atoms with Crippen molar-refractivity contribution in [3.63, 3.8) is 0 Å². The fourth-order valence-corrected chi connectivity index (χ4v) is 3.90. The minimum atomic E-state index is 0.331. The molecule has 0 aliphatic rings. The second-order valence-electron chi connectivity index (χ2n) is 8.20. The van der Waals surface area contributed by atoms with Crippen LogP contribution in [0.1, 0.15) is 5.69 Å². The average molecular weight is 508 g/mol. The summed E-state index contributed by atoms with van der Waals surface area (Å²) in [6.07, 6.45) is 8.58. The highest BCUT2D eigenvalue weighted by Crippen LogP contribution is 2.34. The van der Waals surface area contributed by atoms with Crippen LogP contribution in [0.15, 0.2) is 67.4 Å². The standard InChI is InChI=1S/C28H25N7O3/c1-34-18-19(16-32-34)27-17-31-24-8-7-20(14-26(24)33-27)35(21-12-22(36-2)15-23(13-21)37-3)11-5-6-25-28(38-4)30-10-9-29-25/h7-10,12-18H,11H2,1-4H3. The van der Waals surface area contributed by atoms with Crippen molar-refractivity contribution < 1.29 is 14.2 Å². The molecule has 10 heteroatoms. The Hall–Kier alpha value is -5.17. The van der Waals surface area contributed by atoms with E-state index in [1.54, 1.807) is 50.8 Å². The molecule has 5 rings (SSSR count). The van der Waals surface area contributed by atoms with Crippen LogP contribution in [0.25, 0.3) is 22.3 Å². The Bertz CT molecular complexity index is 1630. The first-order valence-corrected chi connectivity index (χ1v) is 11.7. The number of fused-ring (bicyclic) bond motifs is 1. The molecule has 0 saturated carbocycles. The van der Waals surface area contributed by atoms with E-state index >= 15 is 0 Å². The van der Waals surface area contributed by atoms with Crippen molar-refractivity contribution in [1.82, 2.24) is 29.7 Å². The topological polar surface area (TPSA) is 100 Å². The van der Waals surface area contributed by atoms with Crippen molar-refractivity contribution in [2.24, 2.45) is 7.05 Å². The van der Waals surface area contributed by atoms with Gasteiger partial charge in [0.1, 0.15) is 11.5 Å². The van der Waals surface area contributed by atoms with Gasteiger partial charge in [-0.1, -0.05) is 5.92 Å². The van der Waals surface area contributed by atoms with Crippen LogP contribution in [-0.2, 0) is 7.05 Å². The third-order valence-corrected chi connectivity index (χ3v) is 5.79. The Balaban J connectivity index is 1.58. The molecule has 0 amide bonds. The third-order valence-electron chi connectivity index (χ3n) is 5.79. The van der Waals surface area contributed by atoms with Gasteiger partial charge >= 0.3 is 0 Å². The van der Waals surface area contributed by atoms with Gasteiger partial charge in [0.2, 0.25) is 5.88 Å². The first kappa shape index (κ1) is 24.5. The second-order valence-corrected chi connectivity index (χ2v) is 8.20. The van der Waals surface area contributed by atoms with E-state index < -0.39 is 0 Å². The van der Waals surface area contributed by atoms with E-state index in [2.05, 4.69) is 31.9 Å². The van der Waals surface area contributed by atoms with Crippen molar-refractivity contribution in [2.45, 2.75) is 0 Å². The summed E-state index contributed by atoms with van der Waals surface area (Å²) in [5.74, 6) is 7.97. The molecular formula is C28H25N7O3. The molecule has 0 aliphatic heterocycles. The van der Waals surface area contributed by atoms with Crippen LogP contribution >= 0.6 is 0 Å². The van der Waals surface area contributed by atoms with Gasteiger partial charge in [-0.2, -0.15) is 5.10 Å².